The van der Waals surface area contributed by atoms with E-state index in [1.165, 1.54) is 6.92 Å². The largest absolute Gasteiger partial charge is 0.494 e. The summed E-state index contributed by atoms with van der Waals surface area (Å²) < 4.78 is 5.75. The molecule has 1 aliphatic rings. The first-order chi connectivity index (χ1) is 13.8. The standard InChI is InChI=1S/C22H24Cl2N2O3/c1-13(2)10-11-29-16-6-4-15(5-7-16)12-26-21-18(24)9-8-17(23)19(21)20(22(26)28)25-14(3)27/h4-9,13,20H,10-12H2,1-3H3,(H,25,27). The first-order valence-electron chi connectivity index (χ1n) is 9.56. The molecule has 0 aliphatic carbocycles. The Kier molecular flexibility index (Phi) is 6.70. The summed E-state index contributed by atoms with van der Waals surface area (Å²) in [6.07, 6.45) is 0.991. The van der Waals surface area contributed by atoms with Gasteiger partial charge in [0.25, 0.3) is 5.91 Å². The fraction of sp³-hybridized carbons (Fsp3) is 0.364. The molecule has 1 aliphatic heterocycles. The number of amides is 2. The molecule has 2 amide bonds. The number of hydrogen-bond acceptors (Lipinski definition) is 3. The van der Waals surface area contributed by atoms with Crippen molar-refractivity contribution in [1.82, 2.24) is 5.32 Å². The van der Waals surface area contributed by atoms with E-state index in [0.717, 1.165) is 17.7 Å². The quantitative estimate of drug-likeness (QED) is 0.655. The molecule has 0 radical (unpaired) electrons. The highest BCUT2D eigenvalue weighted by molar-refractivity contribution is 6.38. The van der Waals surface area contributed by atoms with Crippen molar-refractivity contribution in [2.75, 3.05) is 11.5 Å². The van der Waals surface area contributed by atoms with E-state index in [-0.39, 0.29) is 11.8 Å². The maximum Gasteiger partial charge on any atom is 0.254 e. The molecule has 0 fully saturated rings. The summed E-state index contributed by atoms with van der Waals surface area (Å²) >= 11 is 12.7. The summed E-state index contributed by atoms with van der Waals surface area (Å²) in [5.41, 5.74) is 1.99. The van der Waals surface area contributed by atoms with E-state index < -0.39 is 6.04 Å². The number of nitrogens with one attached hydrogen (secondary N) is 1. The molecule has 1 unspecified atom stereocenters. The molecule has 0 saturated carbocycles. The molecule has 0 saturated heterocycles. The first-order valence-corrected chi connectivity index (χ1v) is 10.3. The molecule has 1 N–H and O–H groups in total. The topological polar surface area (TPSA) is 58.6 Å². The summed E-state index contributed by atoms with van der Waals surface area (Å²) in [6.45, 7) is 6.66. The van der Waals surface area contributed by atoms with Gasteiger partial charge in [0, 0.05) is 17.5 Å². The Labute approximate surface area is 180 Å². The summed E-state index contributed by atoms with van der Waals surface area (Å²) in [4.78, 5) is 26.2. The van der Waals surface area contributed by atoms with Crippen LogP contribution in [0.3, 0.4) is 0 Å². The number of hydrogen-bond donors (Lipinski definition) is 1. The van der Waals surface area contributed by atoms with Crippen LogP contribution in [-0.4, -0.2) is 18.4 Å². The van der Waals surface area contributed by atoms with Crippen LogP contribution in [0.4, 0.5) is 5.69 Å². The molecule has 0 spiro atoms. The Bertz CT molecular complexity index is 913. The van der Waals surface area contributed by atoms with E-state index in [2.05, 4.69) is 19.2 Å². The van der Waals surface area contributed by atoms with E-state index in [1.54, 1.807) is 17.0 Å². The van der Waals surface area contributed by atoms with Gasteiger partial charge in [-0.25, -0.2) is 0 Å². The van der Waals surface area contributed by atoms with E-state index in [4.69, 9.17) is 27.9 Å². The fourth-order valence-corrected chi connectivity index (χ4v) is 3.80. The van der Waals surface area contributed by atoms with Gasteiger partial charge in [0.1, 0.15) is 11.8 Å². The minimum absolute atomic E-state index is 0.262. The zero-order chi connectivity index (χ0) is 21.1. The van der Waals surface area contributed by atoms with Crippen LogP contribution in [0.2, 0.25) is 10.0 Å². The van der Waals surface area contributed by atoms with Crippen LogP contribution in [-0.2, 0) is 16.1 Å². The Morgan fingerprint density at radius 1 is 1.14 bits per heavy atom. The van der Waals surface area contributed by atoms with Gasteiger partial charge in [-0.05, 0) is 42.2 Å². The van der Waals surface area contributed by atoms with Gasteiger partial charge in [0.05, 0.1) is 23.9 Å². The van der Waals surface area contributed by atoms with Gasteiger partial charge in [0.2, 0.25) is 5.91 Å². The van der Waals surface area contributed by atoms with Crippen LogP contribution < -0.4 is 15.0 Å². The molecule has 1 atom stereocenters. The highest BCUT2D eigenvalue weighted by Gasteiger charge is 2.41. The van der Waals surface area contributed by atoms with Gasteiger partial charge >= 0.3 is 0 Å². The lowest BCUT2D eigenvalue weighted by atomic mass is 10.1. The molecule has 154 valence electrons. The second-order valence-electron chi connectivity index (χ2n) is 7.52. The Hall–Kier alpha value is -2.24. The van der Waals surface area contributed by atoms with Crippen molar-refractivity contribution in [3.8, 4) is 5.75 Å². The van der Waals surface area contributed by atoms with Crippen LogP contribution in [0.5, 0.6) is 5.75 Å². The maximum atomic E-state index is 13.0. The number of nitrogens with zero attached hydrogens (tertiary/aromatic N) is 1. The Morgan fingerprint density at radius 3 is 2.41 bits per heavy atom. The van der Waals surface area contributed by atoms with E-state index in [9.17, 15) is 9.59 Å². The van der Waals surface area contributed by atoms with E-state index in [1.807, 2.05) is 24.3 Å². The summed E-state index contributed by atoms with van der Waals surface area (Å²) in [5, 5.41) is 3.49. The average molecular weight is 435 g/mol. The molecule has 7 heteroatoms. The molecule has 3 rings (SSSR count). The van der Waals surface area contributed by atoms with Gasteiger partial charge in [-0.15, -0.1) is 0 Å². The van der Waals surface area contributed by atoms with Crippen LogP contribution >= 0.6 is 23.2 Å². The number of benzene rings is 2. The summed E-state index contributed by atoms with van der Waals surface area (Å²) in [6, 6.07) is 10.1. The minimum atomic E-state index is -0.840. The lowest BCUT2D eigenvalue weighted by Crippen LogP contribution is -2.36. The molecule has 0 bridgehead atoms. The first kappa shape index (κ1) is 21.5. The van der Waals surface area contributed by atoms with Crippen molar-refractivity contribution >= 4 is 40.7 Å². The van der Waals surface area contributed by atoms with E-state index >= 15 is 0 Å². The third kappa shape index (κ3) is 4.85. The van der Waals surface area contributed by atoms with Gasteiger partial charge in [-0.2, -0.15) is 0 Å². The predicted octanol–water partition coefficient (Wildman–Crippen LogP) is 5.14. The molecular formula is C22H24Cl2N2O3. The zero-order valence-corrected chi connectivity index (χ0v) is 18.2. The molecule has 1 heterocycles. The molecule has 2 aromatic rings. The van der Waals surface area contributed by atoms with Crippen molar-refractivity contribution in [2.45, 2.75) is 39.8 Å². The number of anilines is 1. The highest BCUT2D eigenvalue weighted by atomic mass is 35.5. The van der Waals surface area contributed by atoms with Crippen molar-refractivity contribution in [1.29, 1.82) is 0 Å². The molecule has 0 aromatic heterocycles. The number of carbonyl (C=O) groups is 2. The summed E-state index contributed by atoms with van der Waals surface area (Å²) in [7, 11) is 0. The van der Waals surface area contributed by atoms with Crippen molar-refractivity contribution < 1.29 is 14.3 Å². The lowest BCUT2D eigenvalue weighted by molar-refractivity contribution is -0.126. The van der Waals surface area contributed by atoms with Gasteiger partial charge in [-0.1, -0.05) is 49.2 Å². The van der Waals surface area contributed by atoms with Crippen LogP contribution in [0.15, 0.2) is 36.4 Å². The molecule has 5 nitrogen and oxygen atoms in total. The van der Waals surface area contributed by atoms with Gasteiger partial charge < -0.3 is 15.0 Å². The maximum absolute atomic E-state index is 13.0. The highest BCUT2D eigenvalue weighted by Crippen LogP contribution is 2.45. The zero-order valence-electron chi connectivity index (χ0n) is 16.7. The number of fused-ring (bicyclic) bond motifs is 1. The second kappa shape index (κ2) is 9.06. The van der Waals surface area contributed by atoms with Gasteiger partial charge in [0.15, 0.2) is 0 Å². The fourth-order valence-electron chi connectivity index (χ4n) is 3.28. The van der Waals surface area contributed by atoms with Crippen LogP contribution in [0.25, 0.3) is 0 Å². The van der Waals surface area contributed by atoms with Crippen molar-refractivity contribution in [3.05, 3.63) is 57.6 Å². The monoisotopic (exact) mass is 434 g/mol. The van der Waals surface area contributed by atoms with E-state index in [0.29, 0.717) is 40.4 Å². The molecule has 2 aromatic carbocycles. The second-order valence-corrected chi connectivity index (χ2v) is 8.34. The molecule has 29 heavy (non-hydrogen) atoms. The van der Waals surface area contributed by atoms with Crippen molar-refractivity contribution in [2.24, 2.45) is 5.92 Å². The SMILES string of the molecule is CC(=O)NC1C(=O)N(Cc2ccc(OCCC(C)C)cc2)c2c(Cl)ccc(Cl)c21. The number of carbonyl (C=O) groups excluding carboxylic acids is 2. The lowest BCUT2D eigenvalue weighted by Gasteiger charge is -2.19. The summed E-state index contributed by atoms with van der Waals surface area (Å²) in [5.74, 6) is 0.806. The average Bonchev–Trinajstić information content (AvgIpc) is 2.92. The Morgan fingerprint density at radius 2 is 1.79 bits per heavy atom. The third-order valence-corrected chi connectivity index (χ3v) is 5.40. The smallest absolute Gasteiger partial charge is 0.254 e. The number of rotatable bonds is 7. The predicted molar refractivity (Wildman–Crippen MR) is 116 cm³/mol. The third-order valence-electron chi connectivity index (χ3n) is 4.76. The van der Waals surface area contributed by atoms with Crippen LogP contribution in [0, 0.1) is 5.92 Å². The Balaban J connectivity index is 1.82. The number of ether oxygens (including phenoxy) is 1. The van der Waals surface area contributed by atoms with Crippen molar-refractivity contribution in [3.63, 3.8) is 0 Å². The molecular weight excluding hydrogens is 411 g/mol. The van der Waals surface area contributed by atoms with Crippen LogP contribution in [0.1, 0.15) is 44.4 Å². The normalized spacial score (nSPS) is 15.6. The van der Waals surface area contributed by atoms with Gasteiger partial charge in [-0.3, -0.25) is 9.59 Å². The minimum Gasteiger partial charge on any atom is -0.494 e. The number of halogens is 2.